The van der Waals surface area contributed by atoms with Crippen LogP contribution < -0.4 is 5.56 Å². The molecule has 0 radical (unpaired) electrons. The van der Waals surface area contributed by atoms with Crippen LogP contribution in [0.2, 0.25) is 0 Å². The molecule has 178 valence electrons. The summed E-state index contributed by atoms with van der Waals surface area (Å²) < 4.78 is 54.1. The molecular formula is C22H23ClF4N4O2. The van der Waals surface area contributed by atoms with Crippen LogP contribution in [0.5, 0.6) is 0 Å². The lowest BCUT2D eigenvalue weighted by Crippen LogP contribution is -2.34. The van der Waals surface area contributed by atoms with Crippen molar-refractivity contribution in [3.05, 3.63) is 57.8 Å². The summed E-state index contributed by atoms with van der Waals surface area (Å²) in [6.45, 7) is 4.85. The van der Waals surface area contributed by atoms with Crippen molar-refractivity contribution in [2.75, 3.05) is 19.8 Å². The second-order valence-electron chi connectivity index (χ2n) is 7.73. The molecule has 0 aromatic carbocycles. The predicted molar refractivity (Wildman–Crippen MR) is 119 cm³/mol. The summed E-state index contributed by atoms with van der Waals surface area (Å²) in [5.41, 5.74) is -0.703. The number of fused-ring (bicyclic) bond motifs is 1. The van der Waals surface area contributed by atoms with Crippen molar-refractivity contribution >= 4 is 34.1 Å². The average Bonchev–Trinajstić information content (AvgIpc) is 3.42. The zero-order chi connectivity index (χ0) is 24.3. The molecule has 0 bridgehead atoms. The lowest BCUT2D eigenvalue weighted by atomic mass is 10.1. The molecule has 1 saturated heterocycles. The number of alkyl halides is 4. The number of aromatic nitrogens is 3. The van der Waals surface area contributed by atoms with Crippen molar-refractivity contribution in [2.45, 2.75) is 39.0 Å². The van der Waals surface area contributed by atoms with Gasteiger partial charge in [0.05, 0.1) is 22.5 Å². The van der Waals surface area contributed by atoms with Gasteiger partial charge in [0.15, 0.2) is 0 Å². The number of rotatable bonds is 7. The molecular weight excluding hydrogens is 464 g/mol. The van der Waals surface area contributed by atoms with Gasteiger partial charge >= 0.3 is 6.18 Å². The summed E-state index contributed by atoms with van der Waals surface area (Å²) in [6.07, 6.45) is 2.27. The molecule has 1 aliphatic rings. The van der Waals surface area contributed by atoms with Gasteiger partial charge in [-0.1, -0.05) is 24.3 Å². The second kappa shape index (κ2) is 9.94. The maximum Gasteiger partial charge on any atom is 0.417 e. The first-order valence-corrected chi connectivity index (χ1v) is 10.6. The molecule has 0 spiro atoms. The highest BCUT2D eigenvalue weighted by Crippen LogP contribution is 2.32. The molecule has 1 aliphatic heterocycles. The predicted octanol–water partition coefficient (Wildman–Crippen LogP) is 4.43. The fourth-order valence-corrected chi connectivity index (χ4v) is 3.80. The lowest BCUT2D eigenvalue weighted by Gasteiger charge is -2.15. The van der Waals surface area contributed by atoms with Crippen LogP contribution in [-0.4, -0.2) is 50.9 Å². The number of carbonyl (C=O) groups is 1. The van der Waals surface area contributed by atoms with Crippen LogP contribution in [0.1, 0.15) is 25.3 Å². The van der Waals surface area contributed by atoms with E-state index in [9.17, 15) is 27.2 Å². The Morgan fingerprint density at radius 3 is 2.52 bits per heavy atom. The first-order chi connectivity index (χ1) is 15.5. The highest BCUT2D eigenvalue weighted by molar-refractivity contribution is 6.32. The van der Waals surface area contributed by atoms with Gasteiger partial charge in [0.1, 0.15) is 25.2 Å². The van der Waals surface area contributed by atoms with Gasteiger partial charge in [-0.2, -0.15) is 13.2 Å². The van der Waals surface area contributed by atoms with E-state index < -0.39 is 29.0 Å². The largest absolute Gasteiger partial charge is 0.417 e. The van der Waals surface area contributed by atoms with Crippen molar-refractivity contribution in [2.24, 2.45) is 0 Å². The number of allylic oxidation sites excluding steroid dienone is 5. The van der Waals surface area contributed by atoms with Gasteiger partial charge in [0.2, 0.25) is 5.91 Å². The second-order valence-corrected chi connectivity index (χ2v) is 8.14. The third-order valence-electron chi connectivity index (χ3n) is 5.47. The Hall–Kier alpha value is -2.88. The van der Waals surface area contributed by atoms with Gasteiger partial charge in [-0.15, -0.1) is 0 Å². The lowest BCUT2D eigenvalue weighted by molar-refractivity contribution is -0.130. The SMILES string of the molecule is C=C(/C(Cl)=C\C=C(/C)c1cn(CCF)c2ncn(CC(=O)N3CCCC3)c(=O)c12)C(F)(F)F. The molecule has 0 unspecified atom stereocenters. The van der Waals surface area contributed by atoms with E-state index in [1.165, 1.54) is 27.7 Å². The van der Waals surface area contributed by atoms with Crippen molar-refractivity contribution < 1.29 is 22.4 Å². The van der Waals surface area contributed by atoms with E-state index in [1.54, 1.807) is 11.8 Å². The van der Waals surface area contributed by atoms with E-state index in [0.29, 0.717) is 24.2 Å². The minimum atomic E-state index is -4.67. The van der Waals surface area contributed by atoms with Gasteiger partial charge in [-0.25, -0.2) is 9.37 Å². The Kier molecular flexibility index (Phi) is 7.46. The Morgan fingerprint density at radius 2 is 1.91 bits per heavy atom. The standard InChI is InChI=1S/C22H23ClF4N4O2/c1-14(5-6-17(23)15(2)22(25,26)27)16-11-30(10-7-24)20-19(16)21(33)31(13-28-20)12-18(32)29-8-3-4-9-29/h5-6,11,13H,2-4,7-10,12H2,1H3/b14-5+,17-6+. The molecule has 1 amide bonds. The van der Waals surface area contributed by atoms with Crippen molar-refractivity contribution in [3.8, 4) is 0 Å². The van der Waals surface area contributed by atoms with Crippen LogP contribution >= 0.6 is 11.6 Å². The maximum absolute atomic E-state index is 13.2. The molecule has 1 fully saturated rings. The quantitative estimate of drug-likeness (QED) is 0.429. The van der Waals surface area contributed by atoms with Gasteiger partial charge < -0.3 is 9.47 Å². The summed E-state index contributed by atoms with van der Waals surface area (Å²) >= 11 is 5.72. The number of carbonyl (C=O) groups excluding carboxylic acids is 1. The van der Waals surface area contributed by atoms with E-state index >= 15 is 0 Å². The van der Waals surface area contributed by atoms with E-state index in [2.05, 4.69) is 11.6 Å². The number of nitrogens with zero attached hydrogens (tertiary/aromatic N) is 4. The molecule has 0 aliphatic carbocycles. The number of aryl methyl sites for hydroxylation is 1. The molecule has 0 N–H and O–H groups in total. The van der Waals surface area contributed by atoms with Crippen molar-refractivity contribution in [3.63, 3.8) is 0 Å². The van der Waals surface area contributed by atoms with E-state index in [1.807, 2.05) is 0 Å². The molecule has 11 heteroatoms. The van der Waals surface area contributed by atoms with Crippen molar-refractivity contribution in [1.82, 2.24) is 19.0 Å². The Bertz CT molecular complexity index is 1190. The van der Waals surface area contributed by atoms with Gasteiger partial charge in [0, 0.05) is 24.8 Å². The third kappa shape index (κ3) is 5.38. The Labute approximate surface area is 192 Å². The number of halogens is 5. The molecule has 6 nitrogen and oxygen atoms in total. The van der Waals surface area contributed by atoms with E-state index in [4.69, 9.17) is 11.6 Å². The number of hydrogen-bond donors (Lipinski definition) is 0. The average molecular weight is 487 g/mol. The number of hydrogen-bond acceptors (Lipinski definition) is 3. The highest BCUT2D eigenvalue weighted by atomic mass is 35.5. The molecule has 0 atom stereocenters. The molecule has 33 heavy (non-hydrogen) atoms. The number of amides is 1. The number of likely N-dealkylation sites (tertiary alicyclic amines) is 1. The smallest absolute Gasteiger partial charge is 0.341 e. The summed E-state index contributed by atoms with van der Waals surface area (Å²) in [5.74, 6) is -0.201. The highest BCUT2D eigenvalue weighted by Gasteiger charge is 2.33. The molecule has 0 saturated carbocycles. The Balaban J connectivity index is 2.03. The first-order valence-electron chi connectivity index (χ1n) is 10.3. The normalized spacial score (nSPS) is 15.5. The van der Waals surface area contributed by atoms with E-state index in [0.717, 1.165) is 18.9 Å². The monoisotopic (exact) mass is 486 g/mol. The fraction of sp³-hybridized carbons (Fsp3) is 0.409. The first kappa shape index (κ1) is 24.8. The van der Waals surface area contributed by atoms with Crippen LogP contribution in [-0.2, 0) is 17.9 Å². The van der Waals surface area contributed by atoms with Gasteiger partial charge in [0.25, 0.3) is 5.56 Å². The van der Waals surface area contributed by atoms with Gasteiger partial charge in [-0.05, 0) is 31.4 Å². The van der Waals surface area contributed by atoms with Crippen LogP contribution in [0.3, 0.4) is 0 Å². The molecule has 2 aromatic heterocycles. The summed E-state index contributed by atoms with van der Waals surface area (Å²) in [6, 6.07) is 0. The maximum atomic E-state index is 13.2. The third-order valence-corrected chi connectivity index (χ3v) is 5.82. The van der Waals surface area contributed by atoms with Crippen LogP contribution in [0.15, 0.2) is 46.7 Å². The summed E-state index contributed by atoms with van der Waals surface area (Å²) in [5, 5.41) is -0.450. The summed E-state index contributed by atoms with van der Waals surface area (Å²) in [7, 11) is 0. The molecule has 2 aromatic rings. The molecule has 3 rings (SSSR count). The fourth-order valence-electron chi connectivity index (χ4n) is 3.62. The Morgan fingerprint density at radius 1 is 1.24 bits per heavy atom. The van der Waals surface area contributed by atoms with Crippen LogP contribution in [0.4, 0.5) is 17.6 Å². The summed E-state index contributed by atoms with van der Waals surface area (Å²) in [4.78, 5) is 31.6. The van der Waals surface area contributed by atoms with Gasteiger partial charge in [-0.3, -0.25) is 14.2 Å². The molecule has 3 heterocycles. The zero-order valence-electron chi connectivity index (χ0n) is 18.0. The zero-order valence-corrected chi connectivity index (χ0v) is 18.7. The minimum absolute atomic E-state index is 0.0611. The minimum Gasteiger partial charge on any atom is -0.341 e. The topological polar surface area (TPSA) is 60.1 Å². The van der Waals surface area contributed by atoms with Crippen LogP contribution in [0.25, 0.3) is 16.6 Å². The van der Waals surface area contributed by atoms with Crippen molar-refractivity contribution in [1.29, 1.82) is 0 Å². The van der Waals surface area contributed by atoms with Crippen LogP contribution in [0, 0.1) is 0 Å². The van der Waals surface area contributed by atoms with E-state index in [-0.39, 0.29) is 30.0 Å².